The van der Waals surface area contributed by atoms with Gasteiger partial charge in [-0.1, -0.05) is 12.1 Å². The van der Waals surface area contributed by atoms with Gasteiger partial charge in [-0.3, -0.25) is 4.79 Å². The molecule has 0 bridgehead atoms. The van der Waals surface area contributed by atoms with Gasteiger partial charge < -0.3 is 15.0 Å². The maximum absolute atomic E-state index is 12.8. The topological polar surface area (TPSA) is 81.4 Å². The lowest BCUT2D eigenvalue weighted by Gasteiger charge is -2.18. The molecular weight excluding hydrogens is 429 g/mol. The van der Waals surface area contributed by atoms with Crippen LogP contribution in [0.15, 0.2) is 29.1 Å². The van der Waals surface area contributed by atoms with Crippen molar-refractivity contribution in [3.05, 3.63) is 46.1 Å². The van der Waals surface area contributed by atoms with Gasteiger partial charge in [0.2, 0.25) is 0 Å². The quantitative estimate of drug-likeness (QED) is 0.633. The van der Waals surface area contributed by atoms with E-state index in [1.54, 1.807) is 9.25 Å². The molecule has 3 rings (SSSR count). The van der Waals surface area contributed by atoms with Gasteiger partial charge in [0, 0.05) is 26.1 Å². The Bertz CT molecular complexity index is 843. The van der Waals surface area contributed by atoms with Crippen molar-refractivity contribution in [3.8, 4) is 5.69 Å². The molecule has 8 nitrogen and oxygen atoms in total. The Morgan fingerprint density at radius 1 is 1.13 bits per heavy atom. The van der Waals surface area contributed by atoms with E-state index < -0.39 is 0 Å². The van der Waals surface area contributed by atoms with Gasteiger partial charge in [-0.05, 0) is 50.6 Å². The SMILES string of the molecule is COC(=O)CCc1ccc(-n2c(C)nn(CCN3CCCNCC3)c2=O)cc1.Cl.Cl. The van der Waals surface area contributed by atoms with E-state index in [4.69, 9.17) is 0 Å². The molecule has 10 heteroatoms. The number of methoxy groups -OCH3 is 1. The van der Waals surface area contributed by atoms with Crippen LogP contribution in [0.4, 0.5) is 0 Å². The molecular formula is C20H31Cl2N5O3. The highest BCUT2D eigenvalue weighted by Gasteiger charge is 2.14. The molecule has 1 saturated heterocycles. The molecule has 1 fully saturated rings. The molecule has 0 radical (unpaired) electrons. The summed E-state index contributed by atoms with van der Waals surface area (Å²) in [6.45, 7) is 7.35. The van der Waals surface area contributed by atoms with E-state index in [1.165, 1.54) is 7.11 Å². The van der Waals surface area contributed by atoms with Crippen LogP contribution >= 0.6 is 24.8 Å². The summed E-state index contributed by atoms with van der Waals surface area (Å²) in [4.78, 5) is 26.5. The van der Waals surface area contributed by atoms with Crippen LogP contribution in [0, 0.1) is 6.92 Å². The highest BCUT2D eigenvalue weighted by Crippen LogP contribution is 2.11. The normalized spacial score (nSPS) is 14.3. The van der Waals surface area contributed by atoms with Crippen molar-refractivity contribution in [2.24, 2.45) is 0 Å². The van der Waals surface area contributed by atoms with E-state index in [-0.39, 0.29) is 36.5 Å². The third-order valence-corrected chi connectivity index (χ3v) is 5.10. The van der Waals surface area contributed by atoms with Crippen molar-refractivity contribution >= 4 is 30.8 Å². The summed E-state index contributed by atoms with van der Waals surface area (Å²) in [6, 6.07) is 7.67. The zero-order valence-corrected chi connectivity index (χ0v) is 19.1. The number of halogens is 2. The average Bonchev–Trinajstić information content (AvgIpc) is 2.88. The van der Waals surface area contributed by atoms with Crippen LogP contribution in [0.1, 0.15) is 24.2 Å². The molecule has 1 N–H and O–H groups in total. The van der Waals surface area contributed by atoms with Gasteiger partial charge in [0.25, 0.3) is 0 Å². The summed E-state index contributed by atoms with van der Waals surface area (Å²) in [6.07, 6.45) is 2.09. The second-order valence-corrected chi connectivity index (χ2v) is 7.08. The van der Waals surface area contributed by atoms with Crippen LogP contribution in [0.5, 0.6) is 0 Å². The first-order valence-corrected chi connectivity index (χ1v) is 9.84. The van der Waals surface area contributed by atoms with Crippen LogP contribution in [-0.4, -0.2) is 65.1 Å². The van der Waals surface area contributed by atoms with E-state index in [0.717, 1.165) is 50.4 Å². The van der Waals surface area contributed by atoms with Crippen molar-refractivity contribution in [1.82, 2.24) is 24.6 Å². The number of benzene rings is 1. The molecule has 1 aliphatic heterocycles. The van der Waals surface area contributed by atoms with Gasteiger partial charge >= 0.3 is 11.7 Å². The van der Waals surface area contributed by atoms with Crippen LogP contribution < -0.4 is 11.0 Å². The predicted molar refractivity (Wildman–Crippen MR) is 121 cm³/mol. The Morgan fingerprint density at radius 2 is 1.87 bits per heavy atom. The van der Waals surface area contributed by atoms with Gasteiger partial charge in [0.15, 0.2) is 0 Å². The first-order valence-electron chi connectivity index (χ1n) is 9.84. The number of esters is 1. The fourth-order valence-electron chi connectivity index (χ4n) is 3.48. The molecule has 2 aromatic rings. The first kappa shape index (κ1) is 26.2. The van der Waals surface area contributed by atoms with Crippen molar-refractivity contribution < 1.29 is 9.53 Å². The number of aryl methyl sites for hydroxylation is 2. The number of aromatic nitrogens is 3. The third-order valence-electron chi connectivity index (χ3n) is 5.10. The van der Waals surface area contributed by atoms with E-state index in [9.17, 15) is 9.59 Å². The van der Waals surface area contributed by atoms with Crippen molar-refractivity contribution in [3.63, 3.8) is 0 Å². The number of hydrogen-bond donors (Lipinski definition) is 1. The number of rotatable bonds is 7. The summed E-state index contributed by atoms with van der Waals surface area (Å²) in [5, 5.41) is 7.84. The number of nitrogens with zero attached hydrogens (tertiary/aromatic N) is 4. The van der Waals surface area contributed by atoms with Crippen LogP contribution in [0.3, 0.4) is 0 Å². The van der Waals surface area contributed by atoms with Crippen LogP contribution in [-0.2, 0) is 22.5 Å². The van der Waals surface area contributed by atoms with Gasteiger partial charge in [-0.15, -0.1) is 24.8 Å². The van der Waals surface area contributed by atoms with Gasteiger partial charge in [-0.25, -0.2) is 14.0 Å². The van der Waals surface area contributed by atoms with Gasteiger partial charge in [0.1, 0.15) is 5.82 Å². The summed E-state index contributed by atoms with van der Waals surface area (Å²) in [5.41, 5.74) is 1.70. The lowest BCUT2D eigenvalue weighted by atomic mass is 10.1. The van der Waals surface area contributed by atoms with Crippen LogP contribution in [0.2, 0.25) is 0 Å². The highest BCUT2D eigenvalue weighted by molar-refractivity contribution is 5.85. The molecule has 30 heavy (non-hydrogen) atoms. The van der Waals surface area contributed by atoms with E-state index >= 15 is 0 Å². The van der Waals surface area contributed by atoms with Crippen molar-refractivity contribution in [2.75, 3.05) is 39.8 Å². The summed E-state index contributed by atoms with van der Waals surface area (Å²) < 4.78 is 7.86. The third kappa shape index (κ3) is 6.84. The molecule has 0 atom stereocenters. The number of carbonyl (C=O) groups is 1. The minimum atomic E-state index is -0.224. The van der Waals surface area contributed by atoms with Gasteiger partial charge in [0.05, 0.1) is 19.3 Å². The lowest BCUT2D eigenvalue weighted by Crippen LogP contribution is -2.34. The zero-order valence-electron chi connectivity index (χ0n) is 17.5. The monoisotopic (exact) mass is 459 g/mol. The Hall–Kier alpha value is -1.87. The average molecular weight is 460 g/mol. The van der Waals surface area contributed by atoms with Crippen molar-refractivity contribution in [1.29, 1.82) is 0 Å². The number of carbonyl (C=O) groups excluding carboxylic acids is 1. The van der Waals surface area contributed by atoms with Crippen molar-refractivity contribution in [2.45, 2.75) is 32.7 Å². The van der Waals surface area contributed by atoms with E-state index in [1.807, 2.05) is 31.2 Å². The summed E-state index contributed by atoms with van der Waals surface area (Å²) in [5.74, 6) is 0.447. The Balaban J connectivity index is 0.00000225. The summed E-state index contributed by atoms with van der Waals surface area (Å²) in [7, 11) is 1.39. The molecule has 0 spiro atoms. The smallest absolute Gasteiger partial charge is 0.350 e. The fourth-order valence-corrected chi connectivity index (χ4v) is 3.48. The second kappa shape index (κ2) is 12.7. The highest BCUT2D eigenvalue weighted by atomic mass is 35.5. The molecule has 0 aliphatic carbocycles. The molecule has 0 saturated carbocycles. The van der Waals surface area contributed by atoms with E-state index in [0.29, 0.717) is 25.2 Å². The Morgan fingerprint density at radius 3 is 2.57 bits per heavy atom. The maximum atomic E-state index is 12.8. The van der Waals surface area contributed by atoms with Crippen LogP contribution in [0.25, 0.3) is 5.69 Å². The standard InChI is InChI=1S/C20H29N5O3.2ClH/c1-16-22-24(15-14-23-12-3-10-21-11-13-23)20(27)25(16)18-7-4-17(5-8-18)6-9-19(26)28-2;;/h4-5,7-8,21H,3,6,9-15H2,1-2H3;2*1H. The van der Waals surface area contributed by atoms with Gasteiger partial charge in [-0.2, -0.15) is 5.10 Å². The molecule has 168 valence electrons. The lowest BCUT2D eigenvalue weighted by molar-refractivity contribution is -0.140. The minimum absolute atomic E-state index is 0. The van der Waals surface area contributed by atoms with E-state index in [2.05, 4.69) is 20.1 Å². The maximum Gasteiger partial charge on any atom is 0.350 e. The largest absolute Gasteiger partial charge is 0.469 e. The predicted octanol–water partition coefficient (Wildman–Crippen LogP) is 1.59. The zero-order chi connectivity index (χ0) is 19.9. The molecule has 1 aromatic heterocycles. The Labute approximate surface area is 189 Å². The summed E-state index contributed by atoms with van der Waals surface area (Å²) >= 11 is 0. The number of ether oxygens (including phenoxy) is 1. The number of nitrogens with one attached hydrogen (secondary N) is 1. The molecule has 2 heterocycles. The first-order chi connectivity index (χ1) is 13.6. The fraction of sp³-hybridized carbons (Fsp3) is 0.550. The molecule has 0 amide bonds. The Kier molecular flexibility index (Phi) is 11.1. The molecule has 0 unspecified atom stereocenters. The number of hydrogen-bond acceptors (Lipinski definition) is 6. The molecule has 1 aromatic carbocycles. The molecule has 1 aliphatic rings. The second-order valence-electron chi connectivity index (χ2n) is 7.08. The minimum Gasteiger partial charge on any atom is -0.469 e.